The van der Waals surface area contributed by atoms with Gasteiger partial charge in [-0.05, 0) is 48.7 Å². The lowest BCUT2D eigenvalue weighted by Crippen LogP contribution is -2.20. The van der Waals surface area contributed by atoms with E-state index in [0.717, 1.165) is 28.7 Å². The van der Waals surface area contributed by atoms with Crippen molar-refractivity contribution in [3.63, 3.8) is 0 Å². The van der Waals surface area contributed by atoms with Gasteiger partial charge >= 0.3 is 0 Å². The van der Waals surface area contributed by atoms with Crippen LogP contribution in [0.3, 0.4) is 0 Å². The molecule has 5 heteroatoms. The molecule has 4 rings (SSSR count). The van der Waals surface area contributed by atoms with E-state index < -0.39 is 0 Å². The second-order valence-electron chi connectivity index (χ2n) is 5.63. The summed E-state index contributed by atoms with van der Waals surface area (Å²) in [4.78, 5) is 18.5. The molecule has 0 bridgehead atoms. The Balaban J connectivity index is 2.08. The first-order chi connectivity index (χ1) is 10.1. The highest BCUT2D eigenvalue weighted by Gasteiger charge is 2.25. The second kappa shape index (κ2) is 4.64. The highest BCUT2D eigenvalue weighted by Crippen LogP contribution is 2.37. The molecule has 0 amide bonds. The van der Waals surface area contributed by atoms with Gasteiger partial charge in [-0.15, -0.1) is 11.3 Å². The number of rotatable bonds is 1. The van der Waals surface area contributed by atoms with Crippen LogP contribution < -0.4 is 5.56 Å². The van der Waals surface area contributed by atoms with Crippen molar-refractivity contribution in [1.82, 2.24) is 9.55 Å². The lowest BCUT2D eigenvalue weighted by Gasteiger charge is -2.07. The van der Waals surface area contributed by atoms with Crippen LogP contribution >= 0.6 is 23.6 Å². The molecule has 2 heterocycles. The van der Waals surface area contributed by atoms with Gasteiger partial charge in [-0.2, -0.15) is 0 Å². The summed E-state index contributed by atoms with van der Waals surface area (Å²) < 4.78 is 2.07. The number of aromatic nitrogens is 2. The van der Waals surface area contributed by atoms with Gasteiger partial charge in [0, 0.05) is 4.88 Å². The number of hydrogen-bond acceptors (Lipinski definition) is 3. The van der Waals surface area contributed by atoms with Gasteiger partial charge < -0.3 is 4.98 Å². The molecule has 3 aromatic rings. The number of hydrogen-bond donors (Lipinski definition) is 1. The summed E-state index contributed by atoms with van der Waals surface area (Å²) in [7, 11) is 0. The normalized spacial score (nSPS) is 17.3. The van der Waals surface area contributed by atoms with E-state index >= 15 is 0 Å². The maximum Gasteiger partial charge on any atom is 0.267 e. The zero-order valence-corrected chi connectivity index (χ0v) is 13.2. The summed E-state index contributed by atoms with van der Waals surface area (Å²) in [5.41, 5.74) is 2.05. The molecule has 3 nitrogen and oxygen atoms in total. The van der Waals surface area contributed by atoms with Gasteiger partial charge in [0.15, 0.2) is 4.77 Å². The summed E-state index contributed by atoms with van der Waals surface area (Å²) in [6.07, 6.45) is 2.06. The topological polar surface area (TPSA) is 37.8 Å². The van der Waals surface area contributed by atoms with Crippen LogP contribution in [-0.2, 0) is 12.8 Å². The van der Waals surface area contributed by atoms with Gasteiger partial charge in [-0.3, -0.25) is 9.36 Å². The van der Waals surface area contributed by atoms with E-state index in [2.05, 4.69) is 11.9 Å². The average Bonchev–Trinajstić information content (AvgIpc) is 2.95. The largest absolute Gasteiger partial charge is 0.323 e. The molecule has 1 aliphatic rings. The Hall–Kier alpha value is -1.72. The lowest BCUT2D eigenvalue weighted by molar-refractivity contribution is 0.630. The molecule has 0 saturated heterocycles. The van der Waals surface area contributed by atoms with Crippen molar-refractivity contribution in [2.75, 3.05) is 0 Å². The fourth-order valence-corrected chi connectivity index (χ4v) is 4.85. The number of benzene rings is 1. The number of H-pyrrole nitrogens is 1. The summed E-state index contributed by atoms with van der Waals surface area (Å²) in [6.45, 7) is 2.24. The molecule has 1 atom stereocenters. The molecule has 0 saturated carbocycles. The molecule has 0 spiro atoms. The summed E-state index contributed by atoms with van der Waals surface area (Å²) >= 11 is 7.08. The lowest BCUT2D eigenvalue weighted by atomic mass is 10.1. The van der Waals surface area contributed by atoms with Gasteiger partial charge in [0.05, 0.1) is 11.1 Å². The molecule has 0 radical (unpaired) electrons. The zero-order chi connectivity index (χ0) is 14.6. The fourth-order valence-electron chi connectivity index (χ4n) is 3.11. The van der Waals surface area contributed by atoms with E-state index in [-0.39, 0.29) is 5.56 Å². The molecular formula is C16H14N2OS2. The monoisotopic (exact) mass is 314 g/mol. The van der Waals surface area contributed by atoms with Gasteiger partial charge in [-0.1, -0.05) is 25.1 Å². The van der Waals surface area contributed by atoms with Crippen molar-refractivity contribution in [2.24, 2.45) is 5.92 Å². The van der Waals surface area contributed by atoms with Crippen LogP contribution in [0, 0.1) is 10.7 Å². The Morgan fingerprint density at radius 1 is 1.29 bits per heavy atom. The first-order valence-electron chi connectivity index (χ1n) is 7.00. The number of nitrogens with zero attached hydrogens (tertiary/aromatic N) is 1. The Bertz CT molecular complexity index is 950. The van der Waals surface area contributed by atoms with Crippen LogP contribution in [0.2, 0.25) is 0 Å². The quantitative estimate of drug-likeness (QED) is 0.693. The maximum atomic E-state index is 13.0. The van der Waals surface area contributed by atoms with Crippen LogP contribution in [0.15, 0.2) is 35.1 Å². The standard InChI is InChI=1S/C16H14N2OS2/c1-9-7-11-12(8-9)21-14-13(11)15(19)18(16(20)17-14)10-5-3-2-4-6-10/h2-6,9H,7-8H2,1H3,(H,17,20)/t9-/m0/s1. The third-order valence-corrected chi connectivity index (χ3v) is 5.49. The van der Waals surface area contributed by atoms with Crippen molar-refractivity contribution in [2.45, 2.75) is 19.8 Å². The maximum absolute atomic E-state index is 13.0. The third kappa shape index (κ3) is 1.92. The Labute approximate surface area is 130 Å². The smallest absolute Gasteiger partial charge is 0.267 e. The van der Waals surface area contributed by atoms with Crippen LogP contribution in [0.4, 0.5) is 0 Å². The van der Waals surface area contributed by atoms with Gasteiger partial charge in [0.1, 0.15) is 4.83 Å². The van der Waals surface area contributed by atoms with Crippen molar-refractivity contribution >= 4 is 33.8 Å². The Morgan fingerprint density at radius 2 is 2.05 bits per heavy atom. The van der Waals surface area contributed by atoms with Crippen LogP contribution in [0.5, 0.6) is 0 Å². The van der Waals surface area contributed by atoms with E-state index in [4.69, 9.17) is 12.2 Å². The Kier molecular flexibility index (Phi) is 2.87. The minimum Gasteiger partial charge on any atom is -0.323 e. The van der Waals surface area contributed by atoms with Gasteiger partial charge in [0.2, 0.25) is 0 Å². The molecule has 1 N–H and O–H groups in total. The van der Waals surface area contributed by atoms with E-state index in [9.17, 15) is 4.79 Å². The second-order valence-corrected chi connectivity index (χ2v) is 7.12. The van der Waals surface area contributed by atoms with Crippen molar-refractivity contribution in [3.8, 4) is 5.69 Å². The predicted molar refractivity (Wildman–Crippen MR) is 89.2 cm³/mol. The first-order valence-corrected chi connectivity index (χ1v) is 8.22. The number of thiophene rings is 1. The highest BCUT2D eigenvalue weighted by molar-refractivity contribution is 7.71. The van der Waals surface area contributed by atoms with E-state index in [1.807, 2.05) is 30.3 Å². The third-order valence-electron chi connectivity index (χ3n) is 4.03. The first kappa shape index (κ1) is 13.0. The van der Waals surface area contributed by atoms with Crippen LogP contribution in [0.1, 0.15) is 17.4 Å². The van der Waals surface area contributed by atoms with Crippen LogP contribution in [0.25, 0.3) is 15.9 Å². The number of para-hydroxylation sites is 1. The minimum atomic E-state index is 0.00606. The molecule has 0 fully saturated rings. The molecule has 2 aromatic heterocycles. The number of fused-ring (bicyclic) bond motifs is 3. The van der Waals surface area contributed by atoms with Crippen molar-refractivity contribution in [1.29, 1.82) is 0 Å². The van der Waals surface area contributed by atoms with Gasteiger partial charge in [-0.25, -0.2) is 0 Å². The SMILES string of the molecule is C[C@@H]1Cc2sc3[nH]c(=S)n(-c4ccccc4)c(=O)c3c2C1. The summed E-state index contributed by atoms with van der Waals surface area (Å²) in [6, 6.07) is 9.59. The zero-order valence-electron chi connectivity index (χ0n) is 11.6. The van der Waals surface area contributed by atoms with Crippen molar-refractivity contribution < 1.29 is 0 Å². The molecule has 0 unspecified atom stereocenters. The van der Waals surface area contributed by atoms with Gasteiger partial charge in [0.25, 0.3) is 5.56 Å². The van der Waals surface area contributed by atoms with Crippen LogP contribution in [-0.4, -0.2) is 9.55 Å². The molecule has 0 aliphatic heterocycles. The van der Waals surface area contributed by atoms with E-state index in [1.165, 1.54) is 10.4 Å². The van der Waals surface area contributed by atoms with E-state index in [1.54, 1.807) is 15.9 Å². The molecule has 1 aliphatic carbocycles. The predicted octanol–water partition coefficient (Wildman–Crippen LogP) is 3.84. The fraction of sp³-hybridized carbons (Fsp3) is 0.250. The molecule has 106 valence electrons. The van der Waals surface area contributed by atoms with E-state index in [0.29, 0.717) is 10.7 Å². The van der Waals surface area contributed by atoms with Crippen molar-refractivity contribution in [3.05, 3.63) is 55.9 Å². The average molecular weight is 314 g/mol. The number of nitrogens with one attached hydrogen (secondary N) is 1. The number of aromatic amines is 1. The minimum absolute atomic E-state index is 0.00606. The molecule has 1 aromatic carbocycles. The molecular weight excluding hydrogens is 300 g/mol. The summed E-state index contributed by atoms with van der Waals surface area (Å²) in [5.74, 6) is 0.628. The Morgan fingerprint density at radius 3 is 2.81 bits per heavy atom. The highest BCUT2D eigenvalue weighted by atomic mass is 32.1. The summed E-state index contributed by atoms with van der Waals surface area (Å²) in [5, 5.41) is 0.830. The molecule has 21 heavy (non-hydrogen) atoms.